The number of aromatic amines is 1. The summed E-state index contributed by atoms with van der Waals surface area (Å²) in [6.07, 6.45) is 5.39. The van der Waals surface area contributed by atoms with Crippen molar-refractivity contribution in [2.24, 2.45) is 0 Å². The van der Waals surface area contributed by atoms with E-state index in [1.165, 1.54) is 56.8 Å². The average Bonchev–Trinajstić information content (AvgIpc) is 3.02. The van der Waals surface area contributed by atoms with Gasteiger partial charge in [-0.3, -0.25) is 14.4 Å². The van der Waals surface area contributed by atoms with Crippen LogP contribution in [-0.2, 0) is 0 Å². The third-order valence-electron chi connectivity index (χ3n) is 6.39. The van der Waals surface area contributed by atoms with E-state index in [-0.39, 0.29) is 35.7 Å². The molecule has 0 aliphatic carbocycles. The van der Waals surface area contributed by atoms with Crippen LogP contribution >= 0.6 is 0 Å². The van der Waals surface area contributed by atoms with Crippen LogP contribution in [0.25, 0.3) is 33.1 Å². The third-order valence-corrected chi connectivity index (χ3v) is 6.39. The third kappa shape index (κ3) is 7.74. The highest BCUT2D eigenvalue weighted by atomic mass is 19.1. The molecule has 0 amide bonds. The van der Waals surface area contributed by atoms with Crippen LogP contribution in [0.15, 0.2) is 78.1 Å². The minimum absolute atomic E-state index is 0. The number of H-pyrrole nitrogens is 1. The van der Waals surface area contributed by atoms with Crippen LogP contribution in [0.1, 0.15) is 36.0 Å². The fraction of sp³-hybridized carbons (Fsp3) is 0.0667. The summed E-state index contributed by atoms with van der Waals surface area (Å²) in [4.78, 5) is 55.5. The van der Waals surface area contributed by atoms with Crippen molar-refractivity contribution in [3.63, 3.8) is 0 Å². The van der Waals surface area contributed by atoms with Gasteiger partial charge < -0.3 is 26.5 Å². The maximum Gasteiger partial charge on any atom is 0.488 e. The molecule has 0 aliphatic rings. The van der Waals surface area contributed by atoms with Gasteiger partial charge in [-0.2, -0.15) is 8.78 Å². The van der Waals surface area contributed by atoms with Gasteiger partial charge in [0.05, 0.1) is 11.2 Å². The summed E-state index contributed by atoms with van der Waals surface area (Å²) in [5, 5.41) is 18.3. The van der Waals surface area contributed by atoms with Gasteiger partial charge in [0.2, 0.25) is 17.5 Å². The first kappa shape index (κ1) is 32.9. The van der Waals surface area contributed by atoms with Gasteiger partial charge in [0.25, 0.3) is 0 Å². The molecule has 6 rings (SSSR count). The number of rotatable bonds is 4. The van der Waals surface area contributed by atoms with E-state index in [0.29, 0.717) is 44.2 Å². The second-order valence-corrected chi connectivity index (χ2v) is 9.58. The zero-order valence-electron chi connectivity index (χ0n) is 24.3. The molecule has 0 saturated heterocycles. The van der Waals surface area contributed by atoms with Crippen molar-refractivity contribution in [2.45, 2.75) is 13.8 Å². The first-order valence-electron chi connectivity index (χ1n) is 13.3. The average molecular weight is 629 g/mol. The highest BCUT2D eigenvalue weighted by molar-refractivity contribution is 6.58. The number of fused-ring (bicyclic) bond motifs is 2. The minimum atomic E-state index is -1.63. The molecule has 0 atom stereocenters. The predicted octanol–water partition coefficient (Wildman–Crippen LogP) is 2.47. The van der Waals surface area contributed by atoms with Crippen LogP contribution in [0.5, 0.6) is 0 Å². The Morgan fingerprint density at radius 3 is 1.98 bits per heavy atom. The van der Waals surface area contributed by atoms with Gasteiger partial charge in [-0.1, -0.05) is 0 Å². The highest BCUT2D eigenvalue weighted by Crippen LogP contribution is 2.26. The zero-order chi connectivity index (χ0) is 33.5. The van der Waals surface area contributed by atoms with E-state index in [0.717, 1.165) is 6.07 Å². The molecule has 0 saturated carbocycles. The van der Waals surface area contributed by atoms with E-state index < -0.39 is 19.0 Å². The largest absolute Gasteiger partial charge is 0.488 e. The number of nitrogens with one attached hydrogen (secondary N) is 1. The molecular formula is C30H27BF2N8O5. The monoisotopic (exact) mass is 629 g/mol. The Hall–Kier alpha value is -6.00. The van der Waals surface area contributed by atoms with Gasteiger partial charge in [0.1, 0.15) is 17.2 Å². The van der Waals surface area contributed by atoms with Crippen molar-refractivity contribution < 1.29 is 29.8 Å². The number of carbonyl (C=O) groups is 2. The Morgan fingerprint density at radius 1 is 0.804 bits per heavy atom. The summed E-state index contributed by atoms with van der Waals surface area (Å²) in [5.74, 6) is -1.08. The van der Waals surface area contributed by atoms with Crippen LogP contribution in [0, 0.1) is 11.9 Å². The first-order valence-corrected chi connectivity index (χ1v) is 13.3. The van der Waals surface area contributed by atoms with Gasteiger partial charge in [0, 0.05) is 65.8 Å². The van der Waals surface area contributed by atoms with E-state index in [9.17, 15) is 23.2 Å². The molecule has 13 nitrogen and oxygen atoms in total. The summed E-state index contributed by atoms with van der Waals surface area (Å²) in [6.45, 7) is 2.90. The van der Waals surface area contributed by atoms with Gasteiger partial charge >= 0.3 is 7.12 Å². The number of hydrogen-bond acceptors (Lipinski definition) is 12. The van der Waals surface area contributed by atoms with Crippen LogP contribution in [-0.4, -0.2) is 58.6 Å². The fourth-order valence-corrected chi connectivity index (χ4v) is 4.17. The molecule has 234 valence electrons. The number of nitrogens with two attached hydrogens (primary N) is 2. The molecule has 0 spiro atoms. The molecule has 0 fully saturated rings. The van der Waals surface area contributed by atoms with Crippen LogP contribution in [0.2, 0.25) is 0 Å². The summed E-state index contributed by atoms with van der Waals surface area (Å²) in [6, 6.07) is 11.6. The number of Topliss-reactive ketones (excluding diaryl/α,β-unsaturated/α-hetero) is 2. The molecule has 0 unspecified atom stereocenters. The van der Waals surface area contributed by atoms with Crippen molar-refractivity contribution in [2.75, 3.05) is 11.5 Å². The highest BCUT2D eigenvalue weighted by Gasteiger charge is 2.13. The lowest BCUT2D eigenvalue weighted by molar-refractivity contribution is 0.101. The molecule has 6 aromatic heterocycles. The minimum Gasteiger partial charge on any atom is -0.423 e. The molecule has 46 heavy (non-hydrogen) atoms. The van der Waals surface area contributed by atoms with Crippen molar-refractivity contribution in [1.82, 2.24) is 29.9 Å². The van der Waals surface area contributed by atoms with Gasteiger partial charge in [-0.25, -0.2) is 24.9 Å². The standard InChI is InChI=1S/C15H11FN4O.C10H9N3O2.C5H5BFNO2.H2/c1-8(21)11-7-19-15(17)14-10(11)2-3-12(20-14)9-4-5-18-13(16)6-9;1-5(14)7-4-12-10(11)9-6(7)2-3-8(15)13-9;7-5-3-4(6(9)10)1-2-8-5;/h2-7H,1H3,(H2,17,19);2-4H,1H3,(H2,11,12)(H,13,15);1-3,9-10H;1H/i;;;1+1. The molecule has 0 bridgehead atoms. The Kier molecular flexibility index (Phi) is 10.2. The summed E-state index contributed by atoms with van der Waals surface area (Å²) in [7, 11) is -1.63. The summed E-state index contributed by atoms with van der Waals surface area (Å²) in [5.41, 5.74) is 14.1. The molecule has 7 N–H and O–H groups in total. The summed E-state index contributed by atoms with van der Waals surface area (Å²) >= 11 is 0. The van der Waals surface area contributed by atoms with Crippen molar-refractivity contribution in [1.29, 1.82) is 0 Å². The van der Waals surface area contributed by atoms with Gasteiger partial charge in [0.15, 0.2) is 11.6 Å². The van der Waals surface area contributed by atoms with Crippen LogP contribution in [0.3, 0.4) is 0 Å². The fourth-order valence-electron chi connectivity index (χ4n) is 4.17. The number of carbonyl (C=O) groups excluding carboxylic acids is 2. The topological polar surface area (TPSA) is 224 Å². The van der Waals surface area contributed by atoms with E-state index in [1.807, 2.05) is 0 Å². The Labute approximate surface area is 260 Å². The van der Waals surface area contributed by atoms with E-state index >= 15 is 0 Å². The predicted molar refractivity (Wildman–Crippen MR) is 170 cm³/mol. The molecule has 0 aliphatic heterocycles. The Morgan fingerprint density at radius 2 is 1.39 bits per heavy atom. The number of nitrogen functional groups attached to an aromatic ring is 2. The van der Waals surface area contributed by atoms with Gasteiger partial charge in [-0.15, -0.1) is 0 Å². The number of anilines is 2. The Balaban J connectivity index is 0.000000203. The maximum atomic E-state index is 13.2. The maximum absolute atomic E-state index is 13.2. The van der Waals surface area contributed by atoms with Crippen molar-refractivity contribution in [3.8, 4) is 11.3 Å². The number of ketones is 2. The van der Waals surface area contributed by atoms with Crippen molar-refractivity contribution in [3.05, 3.63) is 107 Å². The lowest BCUT2D eigenvalue weighted by atomic mass is 9.81. The number of pyridine rings is 6. The molecule has 6 aromatic rings. The lowest BCUT2D eigenvalue weighted by Crippen LogP contribution is -2.30. The van der Waals surface area contributed by atoms with Crippen molar-refractivity contribution >= 4 is 57.6 Å². The molecule has 16 heteroatoms. The normalized spacial score (nSPS) is 10.4. The van der Waals surface area contributed by atoms with Crippen LogP contribution in [0.4, 0.5) is 20.4 Å². The van der Waals surface area contributed by atoms with Gasteiger partial charge in [-0.05, 0) is 55.7 Å². The molecule has 6 heterocycles. The number of hydrogen-bond donors (Lipinski definition) is 5. The smallest absolute Gasteiger partial charge is 0.423 e. The number of halogens is 2. The zero-order valence-corrected chi connectivity index (χ0v) is 24.3. The van der Waals surface area contributed by atoms with Crippen LogP contribution < -0.4 is 22.5 Å². The summed E-state index contributed by atoms with van der Waals surface area (Å²) < 4.78 is 25.4. The first-order chi connectivity index (χ1) is 21.8. The van der Waals surface area contributed by atoms with E-state index in [1.54, 1.807) is 24.3 Å². The van der Waals surface area contributed by atoms with E-state index in [2.05, 4.69) is 29.9 Å². The quantitative estimate of drug-likeness (QED) is 0.108. The Bertz CT molecular complexity index is 2150. The molecule has 0 radical (unpaired) electrons. The SMILES string of the molecule is CC(=O)c1cnc(N)c2[nH]c(=O)ccc12.CC(=O)c1cnc(N)c2nc(-c3ccnc(F)c3)ccc12.OB(O)c1ccnc(F)c1.[2HH]. The molecular weight excluding hydrogens is 601 g/mol. The number of aromatic nitrogens is 6. The molecule has 0 aromatic carbocycles. The lowest BCUT2D eigenvalue weighted by Gasteiger charge is -2.07. The number of nitrogens with zero attached hydrogens (tertiary/aromatic N) is 5. The second kappa shape index (κ2) is 14.2. The second-order valence-electron chi connectivity index (χ2n) is 9.58. The van der Waals surface area contributed by atoms with E-state index in [4.69, 9.17) is 21.5 Å².